The topological polar surface area (TPSA) is 133 Å². The molecule has 6 aromatic rings. The number of hydrogen-bond acceptors (Lipinski definition) is 8. The maximum atomic E-state index is 14.3. The van der Waals surface area contributed by atoms with Crippen molar-refractivity contribution in [2.24, 2.45) is 0 Å². The van der Waals surface area contributed by atoms with E-state index in [1.54, 1.807) is 96.4 Å². The quantitative estimate of drug-likeness (QED) is 0.205. The molecular formula is C38H36N6O5S2. The molecule has 260 valence electrons. The Morgan fingerprint density at radius 1 is 0.725 bits per heavy atom. The van der Waals surface area contributed by atoms with Crippen LogP contribution in [-0.2, 0) is 31.3 Å². The predicted molar refractivity (Wildman–Crippen MR) is 198 cm³/mol. The molecule has 1 amide bonds. The van der Waals surface area contributed by atoms with E-state index < -0.39 is 26.1 Å². The molecular weight excluding hydrogens is 685 g/mol. The van der Waals surface area contributed by atoms with Crippen molar-refractivity contribution in [1.82, 2.24) is 19.2 Å². The van der Waals surface area contributed by atoms with Crippen molar-refractivity contribution in [3.63, 3.8) is 0 Å². The number of piperazine rings is 1. The molecule has 51 heavy (non-hydrogen) atoms. The molecule has 7 rings (SSSR count). The summed E-state index contributed by atoms with van der Waals surface area (Å²) in [4.78, 5) is 26.7. The van der Waals surface area contributed by atoms with Gasteiger partial charge in [-0.3, -0.25) is 19.5 Å². The van der Waals surface area contributed by atoms with E-state index in [9.17, 15) is 21.6 Å². The second-order valence-corrected chi connectivity index (χ2v) is 16.0. The van der Waals surface area contributed by atoms with Gasteiger partial charge in [-0.25, -0.2) is 16.8 Å². The van der Waals surface area contributed by atoms with Gasteiger partial charge in [-0.1, -0.05) is 54.6 Å². The number of anilines is 2. The highest BCUT2D eigenvalue weighted by Gasteiger charge is 2.37. The lowest BCUT2D eigenvalue weighted by Crippen LogP contribution is -2.56. The van der Waals surface area contributed by atoms with Crippen molar-refractivity contribution in [3.8, 4) is 0 Å². The fourth-order valence-electron chi connectivity index (χ4n) is 6.52. The number of aromatic nitrogens is 2. The predicted octanol–water partition coefficient (Wildman–Crippen LogP) is 5.16. The number of nitrogens with one attached hydrogen (secondary N) is 1. The Morgan fingerprint density at radius 2 is 1.31 bits per heavy atom. The molecule has 1 N–H and O–H groups in total. The third-order valence-corrected chi connectivity index (χ3v) is 12.7. The van der Waals surface area contributed by atoms with E-state index in [0.29, 0.717) is 59.0 Å². The van der Waals surface area contributed by atoms with Crippen LogP contribution in [0.15, 0.2) is 138 Å². The van der Waals surface area contributed by atoms with Gasteiger partial charge in [0.05, 0.1) is 9.79 Å². The van der Waals surface area contributed by atoms with Gasteiger partial charge in [0, 0.05) is 90.9 Å². The highest BCUT2D eigenvalue weighted by molar-refractivity contribution is 7.93. The summed E-state index contributed by atoms with van der Waals surface area (Å²) in [5.74, 6) is -0.300. The number of fused-ring (bicyclic) bond motifs is 2. The fourth-order valence-corrected chi connectivity index (χ4v) is 9.33. The van der Waals surface area contributed by atoms with E-state index in [2.05, 4.69) is 19.6 Å². The Morgan fingerprint density at radius 3 is 1.94 bits per heavy atom. The third-order valence-electron chi connectivity index (χ3n) is 9.30. The second-order valence-electron chi connectivity index (χ2n) is 12.4. The molecule has 0 radical (unpaired) electrons. The summed E-state index contributed by atoms with van der Waals surface area (Å²) < 4.78 is 59.2. The van der Waals surface area contributed by atoms with Crippen molar-refractivity contribution >= 4 is 58.9 Å². The zero-order chi connectivity index (χ0) is 35.6. The van der Waals surface area contributed by atoms with E-state index in [4.69, 9.17) is 0 Å². The number of benzene rings is 4. The summed E-state index contributed by atoms with van der Waals surface area (Å²) in [7, 11) is -6.65. The smallest absolute Gasteiger partial charge is 0.262 e. The number of nitrogens with zero attached hydrogens (tertiary/aromatic N) is 5. The van der Waals surface area contributed by atoms with E-state index in [0.717, 1.165) is 5.69 Å². The largest absolute Gasteiger partial charge is 0.368 e. The van der Waals surface area contributed by atoms with Gasteiger partial charge >= 0.3 is 0 Å². The van der Waals surface area contributed by atoms with Gasteiger partial charge in [0.1, 0.15) is 6.04 Å². The average Bonchev–Trinajstić information content (AvgIpc) is 3.17. The molecule has 4 aromatic carbocycles. The van der Waals surface area contributed by atoms with Crippen LogP contribution in [0.1, 0.15) is 5.56 Å². The van der Waals surface area contributed by atoms with Crippen molar-refractivity contribution in [2.75, 3.05) is 42.8 Å². The minimum Gasteiger partial charge on any atom is -0.368 e. The highest BCUT2D eigenvalue weighted by Crippen LogP contribution is 2.29. The molecule has 2 aromatic heterocycles. The van der Waals surface area contributed by atoms with Crippen molar-refractivity contribution < 1.29 is 21.6 Å². The van der Waals surface area contributed by atoms with Gasteiger partial charge in [0.25, 0.3) is 10.0 Å². The van der Waals surface area contributed by atoms with Crippen molar-refractivity contribution in [2.45, 2.75) is 22.3 Å². The Labute approximate surface area is 297 Å². The number of para-hydroxylation sites is 1. The van der Waals surface area contributed by atoms with Gasteiger partial charge in [-0.15, -0.1) is 0 Å². The van der Waals surface area contributed by atoms with Crippen LogP contribution in [0.25, 0.3) is 21.5 Å². The second kappa shape index (κ2) is 14.1. The van der Waals surface area contributed by atoms with Crippen LogP contribution < -0.4 is 9.62 Å². The number of sulfonamides is 2. The van der Waals surface area contributed by atoms with E-state index in [1.807, 2.05) is 30.3 Å². The first-order valence-corrected chi connectivity index (χ1v) is 19.4. The summed E-state index contributed by atoms with van der Waals surface area (Å²) in [6, 6.07) is 28.9. The number of likely N-dealkylation sites (N-methyl/N-ethyl adjacent to an activating group) is 1. The number of carbonyl (C=O) groups is 1. The molecule has 0 unspecified atom stereocenters. The average molecular weight is 721 g/mol. The number of amides is 1. The van der Waals surface area contributed by atoms with Crippen LogP contribution in [-0.4, -0.2) is 81.2 Å². The standard InChI is InChI=1S/C38H36N6O5S2/c1-42(51(48,49)37-12-6-8-30-27-40-20-18-34(30)37)35(38(45)44-23-21-43(22-24-44)32-9-3-2-4-10-32)25-28-13-15-31(16-14-28)41-50(46,47)36-11-5-7-29-26-39-19-17-33(29)36/h2-20,26-27,35,41H,21-25H2,1H3/t35-/m0/s1. The molecule has 1 atom stereocenters. The number of rotatable bonds is 10. The molecule has 1 aliphatic rings. The van der Waals surface area contributed by atoms with E-state index in [-0.39, 0.29) is 22.1 Å². The first-order chi connectivity index (χ1) is 24.6. The molecule has 3 heterocycles. The molecule has 0 bridgehead atoms. The van der Waals surface area contributed by atoms with E-state index in [1.165, 1.54) is 17.4 Å². The zero-order valence-corrected chi connectivity index (χ0v) is 29.5. The maximum absolute atomic E-state index is 14.3. The summed E-state index contributed by atoms with van der Waals surface area (Å²) in [5, 5.41) is 2.44. The van der Waals surface area contributed by atoms with Crippen LogP contribution in [0, 0.1) is 0 Å². The van der Waals surface area contributed by atoms with Gasteiger partial charge in [0.2, 0.25) is 15.9 Å². The van der Waals surface area contributed by atoms with Gasteiger partial charge in [-0.05, 0) is 60.5 Å². The first-order valence-electron chi connectivity index (χ1n) is 16.5. The van der Waals surface area contributed by atoms with Crippen molar-refractivity contribution in [1.29, 1.82) is 0 Å². The van der Waals surface area contributed by atoms with Gasteiger partial charge in [-0.2, -0.15) is 4.31 Å². The van der Waals surface area contributed by atoms with Crippen LogP contribution >= 0.6 is 0 Å². The lowest BCUT2D eigenvalue weighted by atomic mass is 10.0. The Bertz CT molecular complexity index is 2410. The normalized spacial score (nSPS) is 14.5. The molecule has 11 nitrogen and oxygen atoms in total. The summed E-state index contributed by atoms with van der Waals surface area (Å²) >= 11 is 0. The Kier molecular flexibility index (Phi) is 9.42. The highest BCUT2D eigenvalue weighted by atomic mass is 32.2. The summed E-state index contributed by atoms with van der Waals surface area (Å²) in [6.07, 6.45) is 6.38. The Balaban J connectivity index is 1.16. The molecule has 0 aliphatic carbocycles. The number of hydrogen-bond donors (Lipinski definition) is 1. The number of carbonyl (C=O) groups excluding carboxylic acids is 1. The van der Waals surface area contributed by atoms with Gasteiger partial charge < -0.3 is 9.80 Å². The zero-order valence-electron chi connectivity index (χ0n) is 27.8. The third kappa shape index (κ3) is 7.00. The lowest BCUT2D eigenvalue weighted by molar-refractivity contribution is -0.135. The molecule has 13 heteroatoms. The van der Waals surface area contributed by atoms with Crippen LogP contribution in [0.5, 0.6) is 0 Å². The minimum absolute atomic E-state index is 0.0726. The SMILES string of the molecule is CN([C@@H](Cc1ccc(NS(=O)(=O)c2cccc3cnccc23)cc1)C(=O)N1CCN(c2ccccc2)CC1)S(=O)(=O)c1cccc2cnccc12. The molecule has 1 fully saturated rings. The molecule has 1 aliphatic heterocycles. The first kappa shape index (κ1) is 34.1. The summed E-state index contributed by atoms with van der Waals surface area (Å²) in [5.41, 5.74) is 2.06. The fraction of sp³-hybridized carbons (Fsp3) is 0.184. The molecule has 1 saturated heterocycles. The number of pyridine rings is 2. The van der Waals surface area contributed by atoms with Crippen LogP contribution in [0.2, 0.25) is 0 Å². The van der Waals surface area contributed by atoms with Crippen LogP contribution in [0.4, 0.5) is 11.4 Å². The monoisotopic (exact) mass is 720 g/mol. The molecule has 0 spiro atoms. The summed E-state index contributed by atoms with van der Waals surface area (Å²) in [6.45, 7) is 2.08. The molecule has 0 saturated carbocycles. The van der Waals surface area contributed by atoms with Crippen molar-refractivity contribution in [3.05, 3.63) is 133 Å². The van der Waals surface area contributed by atoms with Crippen LogP contribution in [0.3, 0.4) is 0 Å². The Hall–Kier alpha value is -5.37. The van der Waals surface area contributed by atoms with E-state index >= 15 is 0 Å². The maximum Gasteiger partial charge on any atom is 0.262 e. The minimum atomic E-state index is -4.15. The lowest BCUT2D eigenvalue weighted by Gasteiger charge is -2.39. The van der Waals surface area contributed by atoms with Gasteiger partial charge in [0.15, 0.2) is 0 Å².